The molecule has 0 spiro atoms. The molecule has 11 heteroatoms. The fourth-order valence-electron chi connectivity index (χ4n) is 4.05. The second-order valence-electron chi connectivity index (χ2n) is 8.37. The Morgan fingerprint density at radius 3 is 2.06 bits per heavy atom. The van der Waals surface area contributed by atoms with E-state index in [1.54, 1.807) is 30.3 Å². The molecule has 0 unspecified atom stereocenters. The highest BCUT2D eigenvalue weighted by Gasteiger charge is 2.53. The van der Waals surface area contributed by atoms with Gasteiger partial charge in [0, 0.05) is 21.0 Å². The summed E-state index contributed by atoms with van der Waals surface area (Å²) in [5.41, 5.74) is 1.07. The molecule has 0 radical (unpaired) electrons. The predicted octanol–water partition coefficient (Wildman–Crippen LogP) is 2.10. The number of hydrogen-bond donors (Lipinski definition) is 0. The predicted molar refractivity (Wildman–Crippen MR) is 127 cm³/mol. The minimum absolute atomic E-state index is 0.00477. The molecule has 0 N–H and O–H groups in total. The Bertz CT molecular complexity index is 1180. The van der Waals surface area contributed by atoms with Gasteiger partial charge in [-0.2, -0.15) is 4.31 Å². The topological polar surface area (TPSA) is 126 Å². The van der Waals surface area contributed by atoms with E-state index in [1.807, 2.05) is 6.92 Å². The maximum atomic E-state index is 13.7. The molecule has 1 aliphatic heterocycles. The van der Waals surface area contributed by atoms with Crippen molar-refractivity contribution in [2.45, 2.75) is 50.0 Å². The van der Waals surface area contributed by atoms with E-state index in [0.717, 1.165) is 23.7 Å². The smallest absolute Gasteiger partial charge is 0.338 e. The zero-order valence-corrected chi connectivity index (χ0v) is 21.3. The zero-order chi connectivity index (χ0) is 26.5. The van der Waals surface area contributed by atoms with E-state index in [0.29, 0.717) is 0 Å². The fraction of sp³-hybridized carbons (Fsp3) is 0.400. The number of aryl methyl sites for hydroxylation is 1. The molecule has 0 saturated carbocycles. The van der Waals surface area contributed by atoms with Crippen LogP contribution in [0.4, 0.5) is 0 Å². The van der Waals surface area contributed by atoms with Crippen molar-refractivity contribution in [3.63, 3.8) is 0 Å². The third kappa shape index (κ3) is 6.28. The van der Waals surface area contributed by atoms with Gasteiger partial charge in [-0.15, -0.1) is 0 Å². The summed E-state index contributed by atoms with van der Waals surface area (Å²) in [6, 6.07) is 13.2. The van der Waals surface area contributed by atoms with Crippen LogP contribution in [0.2, 0.25) is 0 Å². The van der Waals surface area contributed by atoms with Crippen molar-refractivity contribution in [1.82, 2.24) is 4.31 Å². The largest absolute Gasteiger partial charge is 0.457 e. The van der Waals surface area contributed by atoms with Crippen molar-refractivity contribution in [3.05, 3.63) is 65.7 Å². The Kier molecular flexibility index (Phi) is 8.83. The molecule has 2 aromatic rings. The van der Waals surface area contributed by atoms with Gasteiger partial charge in [0.15, 0.2) is 18.3 Å². The van der Waals surface area contributed by atoms with Crippen molar-refractivity contribution < 1.29 is 41.7 Å². The summed E-state index contributed by atoms with van der Waals surface area (Å²) in [5.74, 6) is -2.21. The molecule has 10 nitrogen and oxygen atoms in total. The number of nitrogens with zero attached hydrogens (tertiary/aromatic N) is 1. The standard InChI is InChI=1S/C25H29NO9S/c1-16-10-12-20(13-11-16)36(30,31)26-14-22(33-17(2)27)24(34-18(3)28)23(21(26)15-32-4)35-25(29)19-8-6-5-7-9-19/h5-13,21-24H,14-15H2,1-4H3/t21-,22-,23-,24+/m1/s1. The molecular formula is C25H29NO9S. The third-order valence-electron chi connectivity index (χ3n) is 5.64. The van der Waals surface area contributed by atoms with Gasteiger partial charge in [0.25, 0.3) is 0 Å². The number of esters is 3. The highest BCUT2D eigenvalue weighted by Crippen LogP contribution is 2.32. The molecule has 1 heterocycles. The Balaban J connectivity index is 2.11. The maximum absolute atomic E-state index is 13.7. The average molecular weight is 520 g/mol. The SMILES string of the molecule is COC[C@@H]1[C@@H](OC(=O)c2ccccc2)[C@@H](OC(C)=O)[C@H](OC(C)=O)CN1S(=O)(=O)c1ccc(C)cc1. The Morgan fingerprint density at radius 1 is 0.889 bits per heavy atom. The van der Waals surface area contributed by atoms with Crippen LogP contribution >= 0.6 is 0 Å². The molecule has 0 aromatic heterocycles. The quantitative estimate of drug-likeness (QED) is 0.381. The number of methoxy groups -OCH3 is 1. The van der Waals surface area contributed by atoms with Crippen LogP contribution in [0, 0.1) is 6.92 Å². The first-order chi connectivity index (χ1) is 17.0. The number of carbonyl (C=O) groups excluding carboxylic acids is 3. The summed E-state index contributed by atoms with van der Waals surface area (Å²) in [4.78, 5) is 36.9. The average Bonchev–Trinajstić information content (AvgIpc) is 2.82. The summed E-state index contributed by atoms with van der Waals surface area (Å²) in [6.07, 6.45) is -3.86. The van der Waals surface area contributed by atoms with E-state index in [-0.39, 0.29) is 23.6 Å². The van der Waals surface area contributed by atoms with Gasteiger partial charge in [-0.1, -0.05) is 35.9 Å². The Hall–Kier alpha value is -3.28. The molecule has 0 bridgehead atoms. The summed E-state index contributed by atoms with van der Waals surface area (Å²) in [7, 11) is -2.81. The lowest BCUT2D eigenvalue weighted by Crippen LogP contribution is -2.66. The zero-order valence-electron chi connectivity index (χ0n) is 20.4. The molecular weight excluding hydrogens is 490 g/mol. The van der Waals surface area contributed by atoms with Gasteiger partial charge in [0.05, 0.1) is 29.7 Å². The molecule has 3 rings (SSSR count). The molecule has 1 saturated heterocycles. The summed E-state index contributed by atoms with van der Waals surface area (Å²) in [6.45, 7) is 3.59. The van der Waals surface area contributed by atoms with Crippen LogP contribution in [0.1, 0.15) is 29.8 Å². The van der Waals surface area contributed by atoms with E-state index in [1.165, 1.54) is 31.4 Å². The number of hydrogen-bond acceptors (Lipinski definition) is 9. The number of carbonyl (C=O) groups is 3. The number of ether oxygens (including phenoxy) is 4. The monoisotopic (exact) mass is 519 g/mol. The van der Waals surface area contributed by atoms with Crippen molar-refractivity contribution in [3.8, 4) is 0 Å². The van der Waals surface area contributed by atoms with E-state index in [4.69, 9.17) is 18.9 Å². The molecule has 1 fully saturated rings. The second kappa shape index (κ2) is 11.6. The Morgan fingerprint density at radius 2 is 1.50 bits per heavy atom. The van der Waals surface area contributed by atoms with Gasteiger partial charge in [0.1, 0.15) is 0 Å². The van der Waals surface area contributed by atoms with Crippen LogP contribution < -0.4 is 0 Å². The minimum Gasteiger partial charge on any atom is -0.457 e. The first kappa shape index (κ1) is 27.3. The first-order valence-electron chi connectivity index (χ1n) is 11.2. The van der Waals surface area contributed by atoms with Crippen LogP contribution in [0.25, 0.3) is 0 Å². The molecule has 0 aliphatic carbocycles. The van der Waals surface area contributed by atoms with Crippen LogP contribution in [-0.2, 0) is 38.6 Å². The summed E-state index contributed by atoms with van der Waals surface area (Å²) >= 11 is 0. The van der Waals surface area contributed by atoms with Crippen LogP contribution in [0.15, 0.2) is 59.5 Å². The van der Waals surface area contributed by atoms with Gasteiger partial charge < -0.3 is 18.9 Å². The molecule has 4 atom stereocenters. The van der Waals surface area contributed by atoms with Crippen molar-refractivity contribution in [2.24, 2.45) is 0 Å². The number of benzene rings is 2. The van der Waals surface area contributed by atoms with Gasteiger partial charge in [-0.25, -0.2) is 13.2 Å². The van der Waals surface area contributed by atoms with E-state index in [2.05, 4.69) is 0 Å². The third-order valence-corrected chi connectivity index (χ3v) is 7.54. The molecule has 0 amide bonds. The van der Waals surface area contributed by atoms with Crippen molar-refractivity contribution in [1.29, 1.82) is 0 Å². The highest BCUT2D eigenvalue weighted by atomic mass is 32.2. The minimum atomic E-state index is -4.17. The van der Waals surface area contributed by atoms with Crippen LogP contribution in [0.3, 0.4) is 0 Å². The molecule has 194 valence electrons. The summed E-state index contributed by atoms with van der Waals surface area (Å²) < 4.78 is 50.4. The number of rotatable bonds is 8. The fourth-order valence-corrected chi connectivity index (χ4v) is 5.68. The lowest BCUT2D eigenvalue weighted by Gasteiger charge is -2.46. The molecule has 1 aliphatic rings. The lowest BCUT2D eigenvalue weighted by molar-refractivity contribution is -0.190. The van der Waals surface area contributed by atoms with Gasteiger partial charge in [-0.05, 0) is 31.2 Å². The number of piperidine rings is 1. The maximum Gasteiger partial charge on any atom is 0.338 e. The second-order valence-corrected chi connectivity index (χ2v) is 10.3. The number of sulfonamides is 1. The van der Waals surface area contributed by atoms with E-state index < -0.39 is 52.3 Å². The highest BCUT2D eigenvalue weighted by molar-refractivity contribution is 7.89. The van der Waals surface area contributed by atoms with Crippen LogP contribution in [-0.4, -0.2) is 75.2 Å². The Labute approximate surface area is 210 Å². The van der Waals surface area contributed by atoms with Gasteiger partial charge in [-0.3, -0.25) is 9.59 Å². The van der Waals surface area contributed by atoms with Gasteiger partial charge >= 0.3 is 17.9 Å². The summed E-state index contributed by atoms with van der Waals surface area (Å²) in [5, 5.41) is 0. The van der Waals surface area contributed by atoms with E-state index >= 15 is 0 Å². The lowest BCUT2D eigenvalue weighted by atomic mass is 9.95. The van der Waals surface area contributed by atoms with Gasteiger partial charge in [0.2, 0.25) is 10.0 Å². The first-order valence-corrected chi connectivity index (χ1v) is 12.7. The molecule has 2 aromatic carbocycles. The normalized spacial score (nSPS) is 22.4. The van der Waals surface area contributed by atoms with Crippen molar-refractivity contribution in [2.75, 3.05) is 20.3 Å². The van der Waals surface area contributed by atoms with Crippen LogP contribution in [0.5, 0.6) is 0 Å². The molecule has 36 heavy (non-hydrogen) atoms. The van der Waals surface area contributed by atoms with E-state index in [9.17, 15) is 22.8 Å². The van der Waals surface area contributed by atoms with Crippen molar-refractivity contribution >= 4 is 27.9 Å².